The quantitative estimate of drug-likeness (QED) is 0.574. The Balaban J connectivity index is 1.70. The van der Waals surface area contributed by atoms with E-state index in [9.17, 15) is 14.7 Å². The van der Waals surface area contributed by atoms with E-state index in [-0.39, 0.29) is 34.5 Å². The molecule has 2 atom stereocenters. The second-order valence-corrected chi connectivity index (χ2v) is 9.28. The predicted octanol–water partition coefficient (Wildman–Crippen LogP) is 3.07. The number of rotatable bonds is 6. The van der Waals surface area contributed by atoms with Gasteiger partial charge in [0.25, 0.3) is 0 Å². The maximum absolute atomic E-state index is 15.7. The van der Waals surface area contributed by atoms with E-state index in [2.05, 4.69) is 4.98 Å². The van der Waals surface area contributed by atoms with Gasteiger partial charge >= 0.3 is 5.97 Å². The Bertz CT molecular complexity index is 1340. The van der Waals surface area contributed by atoms with E-state index in [0.717, 1.165) is 24.6 Å². The van der Waals surface area contributed by atoms with Crippen molar-refractivity contribution in [2.75, 3.05) is 25.1 Å². The molecule has 5 rings (SSSR count). The Morgan fingerprint density at radius 3 is 2.74 bits per heavy atom. The summed E-state index contributed by atoms with van der Waals surface area (Å²) in [5.41, 5.74) is 6.41. The topological polar surface area (TPSA) is 111 Å². The summed E-state index contributed by atoms with van der Waals surface area (Å²) in [6.45, 7) is 2.89. The summed E-state index contributed by atoms with van der Waals surface area (Å²) >= 11 is 0. The number of halogens is 1. The van der Waals surface area contributed by atoms with Gasteiger partial charge in [0.05, 0.1) is 18.0 Å². The van der Waals surface area contributed by atoms with Gasteiger partial charge in [0.15, 0.2) is 11.6 Å². The fraction of sp³-hybridized carbons (Fsp3) is 0.400. The number of benzene rings is 1. The molecule has 1 aliphatic heterocycles. The van der Waals surface area contributed by atoms with E-state index in [1.54, 1.807) is 10.8 Å². The average Bonchev–Trinajstić information content (AvgIpc) is 3.56. The SMILES string of the molecule is COc1c(N2CCC(c3ccccn3)(C(C)N)C2)c(F)cc2c(=O)c(C(=O)O)cn(C3CC3)c12. The van der Waals surface area contributed by atoms with Crippen LogP contribution in [0.3, 0.4) is 0 Å². The molecular formula is C25H27FN4O4. The molecule has 3 heterocycles. The molecule has 2 aliphatic rings. The van der Waals surface area contributed by atoms with E-state index in [1.807, 2.05) is 30.0 Å². The van der Waals surface area contributed by atoms with Crippen LogP contribution in [0.2, 0.25) is 0 Å². The Morgan fingerprint density at radius 1 is 1.38 bits per heavy atom. The fourth-order valence-electron chi connectivity index (χ4n) is 5.22. The second kappa shape index (κ2) is 8.09. The van der Waals surface area contributed by atoms with Crippen LogP contribution >= 0.6 is 0 Å². The van der Waals surface area contributed by atoms with Crippen LogP contribution in [0, 0.1) is 5.82 Å². The maximum atomic E-state index is 15.7. The van der Waals surface area contributed by atoms with Gasteiger partial charge in [0, 0.05) is 48.7 Å². The van der Waals surface area contributed by atoms with Gasteiger partial charge in [-0.3, -0.25) is 9.78 Å². The maximum Gasteiger partial charge on any atom is 0.341 e. The number of nitrogens with two attached hydrogens (primary N) is 1. The van der Waals surface area contributed by atoms with Crippen LogP contribution in [0.1, 0.15) is 48.3 Å². The number of nitrogens with zero attached hydrogens (tertiary/aromatic N) is 3. The molecule has 1 aromatic carbocycles. The minimum atomic E-state index is -1.33. The third-order valence-electron chi connectivity index (χ3n) is 7.24. The summed E-state index contributed by atoms with van der Waals surface area (Å²) in [5, 5.41) is 9.54. The number of pyridine rings is 2. The first-order valence-corrected chi connectivity index (χ1v) is 11.4. The molecular weight excluding hydrogens is 439 g/mol. The van der Waals surface area contributed by atoms with E-state index in [0.29, 0.717) is 25.0 Å². The number of carboxylic acid groups (broad SMARTS) is 1. The number of carbonyl (C=O) groups is 1. The largest absolute Gasteiger partial charge is 0.492 e. The molecule has 0 spiro atoms. The Labute approximate surface area is 195 Å². The minimum absolute atomic E-state index is 0.00674. The van der Waals surface area contributed by atoms with Crippen molar-refractivity contribution in [3.8, 4) is 5.75 Å². The van der Waals surface area contributed by atoms with Crippen LogP contribution in [-0.4, -0.2) is 46.9 Å². The standard InChI is InChI=1S/C25H27FN4O4/c1-14(27)25(19-5-3-4-9-28-19)8-10-29(13-25)21-18(26)11-16-20(23(21)34-2)30(15-6-7-15)12-17(22(16)31)24(32)33/h3-5,9,11-12,14-15H,6-8,10,13,27H2,1-2H3,(H,32,33). The van der Waals surface area contributed by atoms with Gasteiger partial charge in [0.2, 0.25) is 5.43 Å². The lowest BCUT2D eigenvalue weighted by molar-refractivity contribution is 0.0695. The van der Waals surface area contributed by atoms with Gasteiger partial charge in [-0.1, -0.05) is 6.07 Å². The minimum Gasteiger partial charge on any atom is -0.492 e. The number of methoxy groups -OCH3 is 1. The van der Waals surface area contributed by atoms with Crippen LogP contribution in [0.5, 0.6) is 5.75 Å². The Morgan fingerprint density at radius 2 is 2.15 bits per heavy atom. The van der Waals surface area contributed by atoms with Crippen LogP contribution in [0.25, 0.3) is 10.9 Å². The van der Waals surface area contributed by atoms with Crippen molar-refractivity contribution in [2.45, 2.75) is 43.7 Å². The van der Waals surface area contributed by atoms with Gasteiger partial charge in [-0.25, -0.2) is 9.18 Å². The summed E-state index contributed by atoms with van der Waals surface area (Å²) in [6, 6.07) is 6.67. The van der Waals surface area contributed by atoms with Crippen molar-refractivity contribution in [3.63, 3.8) is 0 Å². The first kappa shape index (κ1) is 22.3. The number of carboxylic acids is 1. The normalized spacial score (nSPS) is 21.1. The number of hydrogen-bond donors (Lipinski definition) is 2. The molecule has 2 aromatic heterocycles. The summed E-state index contributed by atoms with van der Waals surface area (Å²) < 4.78 is 23.2. The molecule has 1 saturated carbocycles. The van der Waals surface area contributed by atoms with Gasteiger partial charge in [0.1, 0.15) is 11.3 Å². The molecule has 1 aliphatic carbocycles. The first-order chi connectivity index (χ1) is 16.3. The van der Waals surface area contributed by atoms with Crippen molar-refractivity contribution < 1.29 is 19.0 Å². The van der Waals surface area contributed by atoms with Crippen molar-refractivity contribution in [1.82, 2.24) is 9.55 Å². The average molecular weight is 467 g/mol. The molecule has 34 heavy (non-hydrogen) atoms. The Kier molecular flexibility index (Phi) is 5.31. The van der Waals surface area contributed by atoms with Crippen LogP contribution in [-0.2, 0) is 5.41 Å². The molecule has 9 heteroatoms. The zero-order valence-electron chi connectivity index (χ0n) is 19.1. The van der Waals surface area contributed by atoms with E-state index >= 15 is 4.39 Å². The molecule has 2 fully saturated rings. The molecule has 3 aromatic rings. The molecule has 3 N–H and O–H groups in total. The lowest BCUT2D eigenvalue weighted by Crippen LogP contribution is -2.46. The first-order valence-electron chi connectivity index (χ1n) is 11.4. The van der Waals surface area contributed by atoms with Gasteiger partial charge in [-0.05, 0) is 44.4 Å². The summed E-state index contributed by atoms with van der Waals surface area (Å²) in [5.74, 6) is -1.73. The monoisotopic (exact) mass is 466 g/mol. The molecule has 178 valence electrons. The number of fused-ring (bicyclic) bond motifs is 1. The summed E-state index contributed by atoms with van der Waals surface area (Å²) in [6.07, 6.45) is 5.47. The fourth-order valence-corrected chi connectivity index (χ4v) is 5.22. The van der Waals surface area contributed by atoms with Crippen LogP contribution < -0.4 is 20.8 Å². The van der Waals surface area contributed by atoms with E-state index in [4.69, 9.17) is 10.5 Å². The summed E-state index contributed by atoms with van der Waals surface area (Å²) in [7, 11) is 1.44. The lowest BCUT2D eigenvalue weighted by Gasteiger charge is -2.33. The third kappa shape index (κ3) is 3.34. The summed E-state index contributed by atoms with van der Waals surface area (Å²) in [4.78, 5) is 31.1. The highest BCUT2D eigenvalue weighted by Crippen LogP contribution is 2.46. The molecule has 2 unspecified atom stereocenters. The zero-order valence-corrected chi connectivity index (χ0v) is 19.1. The van der Waals surface area contributed by atoms with Crippen molar-refractivity contribution in [2.24, 2.45) is 5.73 Å². The van der Waals surface area contributed by atoms with Gasteiger partial charge in [-0.15, -0.1) is 0 Å². The zero-order chi connectivity index (χ0) is 24.2. The number of aromatic nitrogens is 2. The number of ether oxygens (including phenoxy) is 1. The molecule has 1 saturated heterocycles. The molecule has 0 bridgehead atoms. The van der Waals surface area contributed by atoms with Crippen LogP contribution in [0.4, 0.5) is 10.1 Å². The second-order valence-electron chi connectivity index (χ2n) is 9.28. The van der Waals surface area contributed by atoms with Crippen LogP contribution in [0.15, 0.2) is 41.5 Å². The van der Waals surface area contributed by atoms with Gasteiger partial charge in [-0.2, -0.15) is 0 Å². The van der Waals surface area contributed by atoms with Crippen molar-refractivity contribution in [1.29, 1.82) is 0 Å². The highest BCUT2D eigenvalue weighted by molar-refractivity contribution is 5.97. The van der Waals surface area contributed by atoms with E-state index in [1.165, 1.54) is 13.3 Å². The number of aromatic carboxylic acids is 1. The van der Waals surface area contributed by atoms with Crippen molar-refractivity contribution in [3.05, 3.63) is 64.0 Å². The highest BCUT2D eigenvalue weighted by atomic mass is 19.1. The molecule has 8 nitrogen and oxygen atoms in total. The predicted molar refractivity (Wildman–Crippen MR) is 126 cm³/mol. The van der Waals surface area contributed by atoms with E-state index < -0.39 is 22.6 Å². The smallest absolute Gasteiger partial charge is 0.341 e. The molecule has 0 radical (unpaired) electrons. The molecule has 0 amide bonds. The lowest BCUT2D eigenvalue weighted by atomic mass is 9.77. The highest BCUT2D eigenvalue weighted by Gasteiger charge is 2.45. The van der Waals surface area contributed by atoms with Crippen molar-refractivity contribution >= 4 is 22.6 Å². The van der Waals surface area contributed by atoms with Gasteiger partial charge < -0.3 is 25.0 Å². The Hall–Kier alpha value is -3.46. The third-order valence-corrected chi connectivity index (χ3v) is 7.24. The number of hydrogen-bond acceptors (Lipinski definition) is 6. The number of anilines is 1.